The van der Waals surface area contributed by atoms with Crippen LogP contribution in [0.15, 0.2) is 30.3 Å². The van der Waals surface area contributed by atoms with Gasteiger partial charge in [-0.3, -0.25) is 0 Å². The topological polar surface area (TPSA) is 0 Å². The second-order valence-corrected chi connectivity index (χ2v) is 21.9. The van der Waals surface area contributed by atoms with Crippen molar-refractivity contribution in [2.24, 2.45) is 0 Å². The van der Waals surface area contributed by atoms with Crippen LogP contribution in [0.5, 0.6) is 0 Å². The molecule has 0 amide bonds. The van der Waals surface area contributed by atoms with E-state index in [2.05, 4.69) is 50.0 Å². The molecular weight excluding hydrogens is 352 g/mol. The van der Waals surface area contributed by atoms with Gasteiger partial charge in [0, 0.05) is 0 Å². The summed E-state index contributed by atoms with van der Waals surface area (Å²) in [5, 5.41) is 0. The Kier molecular flexibility index (Phi) is 3.58. The SMILES string of the molecule is CC1CCC[Te]1(Br)Cc1ccccc1. The number of benzene rings is 1. The van der Waals surface area contributed by atoms with Gasteiger partial charge in [0.05, 0.1) is 0 Å². The minimum absolute atomic E-state index is 0.998. The van der Waals surface area contributed by atoms with Gasteiger partial charge in [0.15, 0.2) is 0 Å². The normalized spacial score (nSPS) is 36.6. The molecule has 14 heavy (non-hydrogen) atoms. The van der Waals surface area contributed by atoms with Crippen molar-refractivity contribution < 1.29 is 0 Å². The van der Waals surface area contributed by atoms with E-state index in [-0.39, 0.29) is 0 Å². The molecule has 0 saturated carbocycles. The van der Waals surface area contributed by atoms with Crippen molar-refractivity contribution in [3.63, 3.8) is 0 Å². The van der Waals surface area contributed by atoms with Gasteiger partial charge in [-0.25, -0.2) is 0 Å². The fourth-order valence-corrected chi connectivity index (χ4v) is 14.7. The van der Waals surface area contributed by atoms with Crippen molar-refractivity contribution in [1.29, 1.82) is 0 Å². The molecule has 1 aliphatic rings. The van der Waals surface area contributed by atoms with E-state index >= 15 is 0 Å². The maximum absolute atomic E-state index is 4.14. The summed E-state index contributed by atoms with van der Waals surface area (Å²) in [5.41, 5.74) is 1.54. The average molecular weight is 369 g/mol. The predicted molar refractivity (Wildman–Crippen MR) is 68.3 cm³/mol. The van der Waals surface area contributed by atoms with Gasteiger partial charge in [0.2, 0.25) is 0 Å². The van der Waals surface area contributed by atoms with Gasteiger partial charge in [-0.2, -0.15) is 0 Å². The van der Waals surface area contributed by atoms with Gasteiger partial charge in [-0.05, 0) is 0 Å². The van der Waals surface area contributed by atoms with Crippen molar-refractivity contribution in [1.82, 2.24) is 0 Å². The van der Waals surface area contributed by atoms with Crippen LogP contribution in [0.25, 0.3) is 0 Å². The molecule has 0 nitrogen and oxygen atoms in total. The molecule has 0 aromatic heterocycles. The average Bonchev–Trinajstić information content (AvgIpc) is 2.48. The molecule has 2 unspecified atom stereocenters. The van der Waals surface area contributed by atoms with Gasteiger partial charge in [-0.15, -0.1) is 0 Å². The first kappa shape index (κ1) is 11.0. The monoisotopic (exact) mass is 370 g/mol. The Labute approximate surface area is 96.7 Å². The Balaban J connectivity index is 2.10. The van der Waals surface area contributed by atoms with E-state index in [0.717, 1.165) is 3.97 Å². The molecular formula is C12H17BrTe. The zero-order valence-electron chi connectivity index (χ0n) is 8.58. The Bertz CT molecular complexity index is 298. The summed E-state index contributed by atoms with van der Waals surface area (Å²) in [6, 6.07) is 11.0. The van der Waals surface area contributed by atoms with Crippen LogP contribution in [0, 0.1) is 0 Å². The third-order valence-corrected chi connectivity index (χ3v) is 20.9. The molecule has 2 rings (SSSR count). The summed E-state index contributed by atoms with van der Waals surface area (Å²) >= 11 is 2.47. The molecule has 2 atom stereocenters. The molecule has 0 aliphatic carbocycles. The van der Waals surface area contributed by atoms with E-state index in [4.69, 9.17) is 0 Å². The van der Waals surface area contributed by atoms with Crippen LogP contribution >= 0.6 is 12.8 Å². The molecule has 1 heterocycles. The van der Waals surface area contributed by atoms with Crippen LogP contribution < -0.4 is 0 Å². The Morgan fingerprint density at radius 1 is 1.36 bits per heavy atom. The van der Waals surface area contributed by atoms with E-state index in [1.165, 1.54) is 21.8 Å². The van der Waals surface area contributed by atoms with Crippen LogP contribution in [-0.2, 0) is 4.47 Å². The number of rotatable bonds is 2. The van der Waals surface area contributed by atoms with Gasteiger partial charge in [0.1, 0.15) is 0 Å². The molecule has 0 N–H and O–H groups in total. The first-order valence-corrected chi connectivity index (χ1v) is 15.1. The summed E-state index contributed by atoms with van der Waals surface area (Å²) < 4.78 is 3.88. The van der Waals surface area contributed by atoms with Crippen molar-refractivity contribution >= 4 is 28.7 Å². The zero-order valence-corrected chi connectivity index (χ0v) is 12.5. The molecule has 1 aromatic carbocycles. The van der Waals surface area contributed by atoms with Gasteiger partial charge >= 0.3 is 97.3 Å². The van der Waals surface area contributed by atoms with E-state index in [1.54, 1.807) is 5.56 Å². The van der Waals surface area contributed by atoms with Gasteiger partial charge in [0.25, 0.3) is 0 Å². The van der Waals surface area contributed by atoms with Crippen molar-refractivity contribution in [2.45, 2.75) is 32.7 Å². The molecule has 2 heteroatoms. The van der Waals surface area contributed by atoms with E-state index in [9.17, 15) is 0 Å². The molecule has 0 radical (unpaired) electrons. The number of halogens is 1. The molecule has 1 fully saturated rings. The van der Waals surface area contributed by atoms with Crippen LogP contribution in [0.2, 0.25) is 8.43 Å². The van der Waals surface area contributed by atoms with Crippen LogP contribution in [-0.4, -0.2) is 16.0 Å². The molecule has 1 saturated heterocycles. The number of hydrogen-bond acceptors (Lipinski definition) is 0. The van der Waals surface area contributed by atoms with Crippen LogP contribution in [0.1, 0.15) is 25.3 Å². The molecule has 0 bridgehead atoms. The van der Waals surface area contributed by atoms with Crippen molar-refractivity contribution in [2.75, 3.05) is 0 Å². The first-order chi connectivity index (χ1) is 6.71. The third-order valence-electron chi connectivity index (χ3n) is 3.06. The summed E-state index contributed by atoms with van der Waals surface area (Å²) in [7, 11) is 0. The molecule has 78 valence electrons. The fourth-order valence-electron chi connectivity index (χ4n) is 2.09. The van der Waals surface area contributed by atoms with Crippen molar-refractivity contribution in [3.8, 4) is 0 Å². The first-order valence-electron chi connectivity index (χ1n) is 5.22. The second kappa shape index (κ2) is 4.56. The van der Waals surface area contributed by atoms with E-state index in [1.807, 2.05) is 0 Å². The van der Waals surface area contributed by atoms with E-state index < -0.39 is 16.0 Å². The summed E-state index contributed by atoms with van der Waals surface area (Å²) in [5.74, 6) is 0. The number of hydrogen-bond donors (Lipinski definition) is 0. The Hall–Kier alpha value is 0.490. The second-order valence-electron chi connectivity index (χ2n) is 4.13. The van der Waals surface area contributed by atoms with Gasteiger partial charge < -0.3 is 0 Å². The molecule has 1 aromatic rings. The van der Waals surface area contributed by atoms with Gasteiger partial charge in [-0.1, -0.05) is 0 Å². The van der Waals surface area contributed by atoms with Crippen LogP contribution in [0.4, 0.5) is 0 Å². The van der Waals surface area contributed by atoms with E-state index in [0.29, 0.717) is 0 Å². The summed E-state index contributed by atoms with van der Waals surface area (Å²) in [6.07, 6.45) is 2.92. The van der Waals surface area contributed by atoms with Crippen molar-refractivity contribution in [3.05, 3.63) is 35.9 Å². The maximum atomic E-state index is 4.14. The molecule has 0 spiro atoms. The predicted octanol–water partition coefficient (Wildman–Crippen LogP) is 4.29. The Morgan fingerprint density at radius 3 is 2.64 bits per heavy atom. The Morgan fingerprint density at radius 2 is 2.07 bits per heavy atom. The fraction of sp³-hybridized carbons (Fsp3) is 0.500. The zero-order chi connectivity index (χ0) is 10.0. The van der Waals surface area contributed by atoms with Crippen LogP contribution in [0.3, 0.4) is 0 Å². The summed E-state index contributed by atoms with van der Waals surface area (Å²) in [4.78, 5) is 0. The molecule has 1 aliphatic heterocycles. The minimum atomic E-state index is -1.67. The quantitative estimate of drug-likeness (QED) is 0.683. The standard InChI is InChI=1S/C12H17BrTe/c1-11-6-5-9-14(11,13)10-12-7-3-2-4-8-12/h2-4,7-8,11H,5-6,9-10H2,1H3. The summed E-state index contributed by atoms with van der Waals surface area (Å²) in [6.45, 7) is 2.45. The third kappa shape index (κ3) is 2.35.